The van der Waals surface area contributed by atoms with Crippen LogP contribution in [0.3, 0.4) is 0 Å². The van der Waals surface area contributed by atoms with Gasteiger partial charge in [-0.3, -0.25) is 4.79 Å². The van der Waals surface area contributed by atoms with Crippen molar-refractivity contribution >= 4 is 51.0 Å². The van der Waals surface area contributed by atoms with Crippen LogP contribution in [-0.2, 0) is 11.3 Å². The zero-order chi connectivity index (χ0) is 19.7. The molecular formula is C21H21N5OS. The van der Waals surface area contributed by atoms with E-state index in [0.29, 0.717) is 11.0 Å². The maximum atomic E-state index is 12.4. The van der Waals surface area contributed by atoms with Crippen molar-refractivity contribution in [3.8, 4) is 0 Å². The van der Waals surface area contributed by atoms with E-state index in [0.717, 1.165) is 23.3 Å². The molecule has 0 saturated carbocycles. The number of amides is 1. The van der Waals surface area contributed by atoms with E-state index in [1.165, 1.54) is 28.2 Å². The summed E-state index contributed by atoms with van der Waals surface area (Å²) in [5, 5.41) is 5.80. The van der Waals surface area contributed by atoms with Gasteiger partial charge in [-0.05, 0) is 38.1 Å². The van der Waals surface area contributed by atoms with E-state index in [4.69, 9.17) is 5.73 Å². The largest absolute Gasteiger partial charge is 0.384 e. The topological polar surface area (TPSA) is 85.8 Å². The van der Waals surface area contributed by atoms with Gasteiger partial charge >= 0.3 is 0 Å². The smallest absolute Gasteiger partial charge is 0.234 e. The number of thioether (sulfide) groups is 1. The lowest BCUT2D eigenvalue weighted by Crippen LogP contribution is -2.14. The minimum atomic E-state index is -0.104. The minimum absolute atomic E-state index is 0.104. The molecule has 2 heterocycles. The predicted octanol–water partition coefficient (Wildman–Crippen LogP) is 4.23. The van der Waals surface area contributed by atoms with E-state index in [9.17, 15) is 4.79 Å². The summed E-state index contributed by atoms with van der Waals surface area (Å²) in [6.45, 7) is 4.88. The summed E-state index contributed by atoms with van der Waals surface area (Å²) in [5.41, 5.74) is 9.67. The highest BCUT2D eigenvalue weighted by atomic mass is 32.2. The summed E-state index contributed by atoms with van der Waals surface area (Å²) in [6.07, 6.45) is 0. The standard InChI is InChI=1S/C21H21N5OS/c1-3-26-17-7-5-4-6-15(17)16-11-14(8-9-18(16)26)24-20(27)12-28-21-23-13(2)10-19(22)25-21/h4-11H,3,12H2,1-2H3,(H,24,27)(H2,22,23,25). The molecule has 1 amide bonds. The average Bonchev–Trinajstić information content (AvgIpc) is 2.99. The molecule has 0 radical (unpaired) electrons. The Balaban J connectivity index is 1.54. The molecule has 2 aromatic heterocycles. The average molecular weight is 392 g/mol. The van der Waals surface area contributed by atoms with Crippen molar-refractivity contribution in [1.29, 1.82) is 0 Å². The number of nitrogen functional groups attached to an aromatic ring is 1. The van der Waals surface area contributed by atoms with Crippen molar-refractivity contribution in [2.24, 2.45) is 0 Å². The molecule has 0 bridgehead atoms. The zero-order valence-corrected chi connectivity index (χ0v) is 16.6. The van der Waals surface area contributed by atoms with Gasteiger partial charge in [0.2, 0.25) is 5.91 Å². The van der Waals surface area contributed by atoms with E-state index in [2.05, 4.69) is 45.0 Å². The second-order valence-electron chi connectivity index (χ2n) is 6.55. The fraction of sp³-hybridized carbons (Fsp3) is 0.190. The number of carbonyl (C=O) groups excluding carboxylic acids is 1. The van der Waals surface area contributed by atoms with Crippen LogP contribution in [-0.4, -0.2) is 26.2 Å². The second-order valence-corrected chi connectivity index (χ2v) is 7.49. The molecule has 7 heteroatoms. The Morgan fingerprint density at radius 3 is 2.68 bits per heavy atom. The van der Waals surface area contributed by atoms with Crippen molar-refractivity contribution in [3.05, 3.63) is 54.2 Å². The van der Waals surface area contributed by atoms with Gasteiger partial charge in [-0.15, -0.1) is 0 Å². The number of nitrogens with zero attached hydrogens (tertiary/aromatic N) is 3. The number of fused-ring (bicyclic) bond motifs is 3. The molecule has 3 N–H and O–H groups in total. The number of hydrogen-bond acceptors (Lipinski definition) is 5. The first-order valence-electron chi connectivity index (χ1n) is 9.10. The fourth-order valence-electron chi connectivity index (χ4n) is 3.43. The molecule has 6 nitrogen and oxygen atoms in total. The van der Waals surface area contributed by atoms with E-state index < -0.39 is 0 Å². The number of nitrogens with one attached hydrogen (secondary N) is 1. The Hall–Kier alpha value is -3.06. The van der Waals surface area contributed by atoms with Crippen LogP contribution in [0.2, 0.25) is 0 Å². The molecule has 2 aromatic carbocycles. The van der Waals surface area contributed by atoms with Crippen molar-refractivity contribution < 1.29 is 4.79 Å². The van der Waals surface area contributed by atoms with Gasteiger partial charge < -0.3 is 15.6 Å². The zero-order valence-electron chi connectivity index (χ0n) is 15.8. The summed E-state index contributed by atoms with van der Waals surface area (Å²) in [5.74, 6) is 0.526. The van der Waals surface area contributed by atoms with E-state index in [1.54, 1.807) is 6.07 Å². The van der Waals surface area contributed by atoms with Gasteiger partial charge in [0.05, 0.1) is 5.75 Å². The van der Waals surface area contributed by atoms with Crippen LogP contribution in [0.5, 0.6) is 0 Å². The Bertz CT molecular complexity index is 1160. The molecule has 0 atom stereocenters. The fourth-order valence-corrected chi connectivity index (χ4v) is 4.14. The van der Waals surface area contributed by atoms with Crippen molar-refractivity contribution in [2.45, 2.75) is 25.5 Å². The molecule has 4 aromatic rings. The van der Waals surface area contributed by atoms with Crippen molar-refractivity contribution in [3.63, 3.8) is 0 Å². The molecule has 0 unspecified atom stereocenters. The number of para-hydroxylation sites is 1. The number of carbonyl (C=O) groups is 1. The molecule has 4 rings (SSSR count). The highest BCUT2D eigenvalue weighted by Gasteiger charge is 2.11. The van der Waals surface area contributed by atoms with Crippen LogP contribution in [0, 0.1) is 6.92 Å². The highest BCUT2D eigenvalue weighted by Crippen LogP contribution is 2.31. The van der Waals surface area contributed by atoms with Gasteiger partial charge in [-0.1, -0.05) is 30.0 Å². The predicted molar refractivity (Wildman–Crippen MR) is 116 cm³/mol. The number of rotatable bonds is 5. The van der Waals surface area contributed by atoms with Gasteiger partial charge in [-0.25, -0.2) is 9.97 Å². The minimum Gasteiger partial charge on any atom is -0.384 e. The molecule has 0 spiro atoms. The van der Waals surface area contributed by atoms with Gasteiger partial charge in [0.1, 0.15) is 5.82 Å². The third-order valence-electron chi connectivity index (χ3n) is 4.56. The number of nitrogens with two attached hydrogens (primary N) is 1. The Kier molecular flexibility index (Phi) is 4.92. The molecule has 0 fully saturated rings. The molecule has 0 saturated heterocycles. The lowest BCUT2D eigenvalue weighted by molar-refractivity contribution is -0.113. The molecule has 142 valence electrons. The Morgan fingerprint density at radius 1 is 1.11 bits per heavy atom. The first-order chi connectivity index (χ1) is 13.5. The number of anilines is 2. The van der Waals surface area contributed by atoms with Crippen molar-refractivity contribution in [2.75, 3.05) is 16.8 Å². The molecule has 0 aliphatic rings. The quantitative estimate of drug-likeness (QED) is 0.393. The maximum absolute atomic E-state index is 12.4. The monoisotopic (exact) mass is 391 g/mol. The van der Waals surface area contributed by atoms with Gasteiger partial charge in [0, 0.05) is 45.8 Å². The SMILES string of the molecule is CCn1c2ccccc2c2cc(NC(=O)CSc3nc(C)cc(N)n3)ccc21. The molecule has 0 aliphatic heterocycles. The van der Waals surface area contributed by atoms with Crippen LogP contribution in [0.15, 0.2) is 53.7 Å². The maximum Gasteiger partial charge on any atom is 0.234 e. The third-order valence-corrected chi connectivity index (χ3v) is 5.41. The van der Waals surface area contributed by atoms with Crippen LogP contribution in [0.25, 0.3) is 21.8 Å². The first-order valence-corrected chi connectivity index (χ1v) is 10.1. The molecular weight excluding hydrogens is 370 g/mol. The van der Waals surface area contributed by atoms with Crippen LogP contribution < -0.4 is 11.1 Å². The summed E-state index contributed by atoms with van der Waals surface area (Å²) in [6, 6.07) is 16.1. The van der Waals surface area contributed by atoms with Gasteiger partial charge in [-0.2, -0.15) is 0 Å². The third kappa shape index (κ3) is 3.53. The lowest BCUT2D eigenvalue weighted by atomic mass is 10.1. The van der Waals surface area contributed by atoms with E-state index in [-0.39, 0.29) is 11.7 Å². The van der Waals surface area contributed by atoms with Crippen LogP contribution >= 0.6 is 11.8 Å². The number of hydrogen-bond donors (Lipinski definition) is 2. The number of aryl methyl sites for hydroxylation is 2. The number of benzene rings is 2. The Labute approximate surface area is 167 Å². The summed E-state index contributed by atoms with van der Waals surface area (Å²) in [7, 11) is 0. The molecule has 0 aliphatic carbocycles. The van der Waals surface area contributed by atoms with Crippen molar-refractivity contribution in [1.82, 2.24) is 14.5 Å². The highest BCUT2D eigenvalue weighted by molar-refractivity contribution is 7.99. The second kappa shape index (κ2) is 7.52. The normalized spacial score (nSPS) is 11.2. The summed E-state index contributed by atoms with van der Waals surface area (Å²) >= 11 is 1.27. The van der Waals surface area contributed by atoms with Crippen LogP contribution in [0.1, 0.15) is 12.6 Å². The van der Waals surface area contributed by atoms with E-state index >= 15 is 0 Å². The van der Waals surface area contributed by atoms with Crippen LogP contribution in [0.4, 0.5) is 11.5 Å². The summed E-state index contributed by atoms with van der Waals surface area (Å²) in [4.78, 5) is 20.8. The lowest BCUT2D eigenvalue weighted by Gasteiger charge is -2.07. The first kappa shape index (κ1) is 18.3. The summed E-state index contributed by atoms with van der Waals surface area (Å²) < 4.78 is 2.28. The Morgan fingerprint density at radius 2 is 1.89 bits per heavy atom. The number of aromatic nitrogens is 3. The van der Waals surface area contributed by atoms with Gasteiger partial charge in [0.15, 0.2) is 5.16 Å². The van der Waals surface area contributed by atoms with E-state index in [1.807, 2.05) is 31.2 Å². The van der Waals surface area contributed by atoms with Gasteiger partial charge in [0.25, 0.3) is 0 Å². The molecule has 28 heavy (non-hydrogen) atoms.